The van der Waals surface area contributed by atoms with E-state index in [2.05, 4.69) is 14.9 Å². The van der Waals surface area contributed by atoms with Crippen LogP contribution in [0.5, 0.6) is 5.88 Å². The Bertz CT molecular complexity index is 582. The summed E-state index contributed by atoms with van der Waals surface area (Å²) < 4.78 is 11.1. The van der Waals surface area contributed by atoms with Crippen LogP contribution in [0, 0.1) is 6.92 Å². The van der Waals surface area contributed by atoms with Crippen molar-refractivity contribution in [2.75, 3.05) is 39.5 Å². The second-order valence-corrected chi connectivity index (χ2v) is 4.92. The van der Waals surface area contributed by atoms with Crippen molar-refractivity contribution in [2.24, 2.45) is 0 Å². The molecule has 1 aliphatic heterocycles. The number of aromatic nitrogens is 2. The predicted octanol–water partition coefficient (Wildman–Crippen LogP) is 1.65. The minimum absolute atomic E-state index is 0.655. The van der Waals surface area contributed by atoms with E-state index in [1.807, 2.05) is 25.1 Å². The number of hydrogen-bond donors (Lipinski definition) is 0. The Balaban J connectivity index is 1.60. The van der Waals surface area contributed by atoms with Crippen LogP contribution >= 0.6 is 0 Å². The van der Waals surface area contributed by atoms with E-state index in [1.165, 1.54) is 0 Å². The molecule has 5 nitrogen and oxygen atoms in total. The first kappa shape index (κ1) is 13.3. The Kier molecular flexibility index (Phi) is 4.08. The molecule has 0 unspecified atom stereocenters. The Morgan fingerprint density at radius 3 is 2.95 bits per heavy atom. The smallest absolute Gasteiger partial charge is 0.213 e. The second kappa shape index (κ2) is 6.15. The maximum Gasteiger partial charge on any atom is 0.213 e. The summed E-state index contributed by atoms with van der Waals surface area (Å²) in [5.41, 5.74) is 1.93. The minimum Gasteiger partial charge on any atom is -0.476 e. The lowest BCUT2D eigenvalue weighted by atomic mass is 10.2. The molecule has 0 spiro atoms. The Hall–Kier alpha value is -1.72. The highest BCUT2D eigenvalue weighted by Gasteiger charge is 2.10. The molecule has 0 aromatic carbocycles. The van der Waals surface area contributed by atoms with Crippen molar-refractivity contribution >= 4 is 10.9 Å². The van der Waals surface area contributed by atoms with Crippen LogP contribution in [0.15, 0.2) is 24.4 Å². The van der Waals surface area contributed by atoms with E-state index in [1.54, 1.807) is 6.20 Å². The monoisotopic (exact) mass is 273 g/mol. The van der Waals surface area contributed by atoms with Gasteiger partial charge in [0, 0.05) is 43.0 Å². The standard InChI is InChI=1S/C15H19N3O2/c1-12-13-2-3-15(17-14(13)4-5-16-12)20-11-8-18-6-9-19-10-7-18/h2-5H,6-11H2,1H3. The summed E-state index contributed by atoms with van der Waals surface area (Å²) in [6.45, 7) is 7.17. The van der Waals surface area contributed by atoms with Crippen LogP contribution in [0.3, 0.4) is 0 Å². The third kappa shape index (κ3) is 3.05. The quantitative estimate of drug-likeness (QED) is 0.847. The lowest BCUT2D eigenvalue weighted by Crippen LogP contribution is -2.38. The fraction of sp³-hybridized carbons (Fsp3) is 0.467. The van der Waals surface area contributed by atoms with Gasteiger partial charge < -0.3 is 9.47 Å². The first-order valence-corrected chi connectivity index (χ1v) is 6.98. The van der Waals surface area contributed by atoms with Crippen LogP contribution < -0.4 is 4.74 Å². The van der Waals surface area contributed by atoms with Crippen molar-refractivity contribution in [3.63, 3.8) is 0 Å². The van der Waals surface area contributed by atoms with Crippen LogP contribution in [-0.2, 0) is 4.74 Å². The predicted molar refractivity (Wildman–Crippen MR) is 77.0 cm³/mol. The molecule has 5 heteroatoms. The fourth-order valence-corrected chi connectivity index (χ4v) is 2.36. The molecule has 3 heterocycles. The zero-order chi connectivity index (χ0) is 13.8. The maximum atomic E-state index is 5.74. The third-order valence-electron chi connectivity index (χ3n) is 3.55. The molecule has 0 amide bonds. The first-order valence-electron chi connectivity index (χ1n) is 6.98. The van der Waals surface area contributed by atoms with Crippen molar-refractivity contribution < 1.29 is 9.47 Å². The van der Waals surface area contributed by atoms with Crippen LogP contribution in [0.1, 0.15) is 5.69 Å². The molecule has 3 rings (SSSR count). The highest BCUT2D eigenvalue weighted by molar-refractivity contribution is 5.80. The number of nitrogens with zero attached hydrogens (tertiary/aromatic N) is 3. The summed E-state index contributed by atoms with van der Waals surface area (Å²) in [6, 6.07) is 5.85. The molecule has 0 atom stereocenters. The third-order valence-corrected chi connectivity index (χ3v) is 3.55. The van der Waals surface area contributed by atoms with E-state index in [0.29, 0.717) is 12.5 Å². The summed E-state index contributed by atoms with van der Waals surface area (Å²) in [5.74, 6) is 0.677. The topological polar surface area (TPSA) is 47.5 Å². The number of rotatable bonds is 4. The Labute approximate surface area is 118 Å². The number of aryl methyl sites for hydroxylation is 1. The van der Waals surface area contributed by atoms with Gasteiger partial charge in [-0.15, -0.1) is 0 Å². The van der Waals surface area contributed by atoms with Crippen molar-refractivity contribution in [2.45, 2.75) is 6.92 Å². The van der Waals surface area contributed by atoms with Crippen molar-refractivity contribution in [3.8, 4) is 5.88 Å². The van der Waals surface area contributed by atoms with Crippen molar-refractivity contribution in [1.82, 2.24) is 14.9 Å². The highest BCUT2D eigenvalue weighted by Crippen LogP contribution is 2.18. The van der Waals surface area contributed by atoms with Crippen LogP contribution in [0.4, 0.5) is 0 Å². The molecule has 1 fully saturated rings. The number of hydrogen-bond acceptors (Lipinski definition) is 5. The Morgan fingerprint density at radius 2 is 2.10 bits per heavy atom. The maximum absolute atomic E-state index is 5.74. The zero-order valence-electron chi connectivity index (χ0n) is 11.7. The molecule has 1 aliphatic rings. The van der Waals surface area contributed by atoms with Gasteiger partial charge in [-0.3, -0.25) is 9.88 Å². The molecule has 0 aliphatic carbocycles. The zero-order valence-corrected chi connectivity index (χ0v) is 11.7. The number of ether oxygens (including phenoxy) is 2. The number of fused-ring (bicyclic) bond motifs is 1. The van der Waals surface area contributed by atoms with Gasteiger partial charge in [0.2, 0.25) is 5.88 Å². The molecule has 2 aromatic rings. The van der Waals surface area contributed by atoms with Gasteiger partial charge in [-0.1, -0.05) is 0 Å². The van der Waals surface area contributed by atoms with E-state index in [0.717, 1.165) is 49.4 Å². The summed E-state index contributed by atoms with van der Waals surface area (Å²) in [5, 5.41) is 1.08. The second-order valence-electron chi connectivity index (χ2n) is 4.92. The van der Waals surface area contributed by atoms with E-state index < -0.39 is 0 Å². The summed E-state index contributed by atoms with van der Waals surface area (Å²) in [6.07, 6.45) is 1.78. The van der Waals surface area contributed by atoms with E-state index in [4.69, 9.17) is 9.47 Å². The average molecular weight is 273 g/mol. The van der Waals surface area contributed by atoms with Gasteiger partial charge in [-0.25, -0.2) is 4.98 Å². The fourth-order valence-electron chi connectivity index (χ4n) is 2.36. The molecular formula is C15H19N3O2. The molecule has 0 saturated carbocycles. The summed E-state index contributed by atoms with van der Waals surface area (Å²) in [7, 11) is 0. The SMILES string of the molecule is Cc1nccc2nc(OCCN3CCOCC3)ccc12. The Morgan fingerprint density at radius 1 is 1.25 bits per heavy atom. The molecule has 0 N–H and O–H groups in total. The van der Waals surface area contributed by atoms with Gasteiger partial charge in [0.15, 0.2) is 0 Å². The highest BCUT2D eigenvalue weighted by atomic mass is 16.5. The van der Waals surface area contributed by atoms with E-state index in [9.17, 15) is 0 Å². The lowest BCUT2D eigenvalue weighted by molar-refractivity contribution is 0.0320. The largest absolute Gasteiger partial charge is 0.476 e. The molecule has 2 aromatic heterocycles. The molecular weight excluding hydrogens is 254 g/mol. The summed E-state index contributed by atoms with van der Waals surface area (Å²) in [4.78, 5) is 11.1. The van der Waals surface area contributed by atoms with Gasteiger partial charge in [0.05, 0.1) is 18.7 Å². The van der Waals surface area contributed by atoms with Crippen molar-refractivity contribution in [1.29, 1.82) is 0 Å². The molecule has 0 radical (unpaired) electrons. The molecule has 0 bridgehead atoms. The van der Waals surface area contributed by atoms with Crippen molar-refractivity contribution in [3.05, 3.63) is 30.1 Å². The molecule has 1 saturated heterocycles. The van der Waals surface area contributed by atoms with Crippen LogP contribution in [-0.4, -0.2) is 54.3 Å². The number of pyridine rings is 2. The minimum atomic E-state index is 0.655. The number of morpholine rings is 1. The molecule has 20 heavy (non-hydrogen) atoms. The molecule has 106 valence electrons. The first-order chi connectivity index (χ1) is 9.83. The van der Waals surface area contributed by atoms with E-state index >= 15 is 0 Å². The van der Waals surface area contributed by atoms with Gasteiger partial charge in [-0.2, -0.15) is 0 Å². The van der Waals surface area contributed by atoms with Gasteiger partial charge >= 0.3 is 0 Å². The van der Waals surface area contributed by atoms with Gasteiger partial charge in [-0.05, 0) is 19.1 Å². The van der Waals surface area contributed by atoms with Crippen LogP contribution in [0.2, 0.25) is 0 Å². The lowest BCUT2D eigenvalue weighted by Gasteiger charge is -2.26. The average Bonchev–Trinajstić information content (AvgIpc) is 2.48. The van der Waals surface area contributed by atoms with Gasteiger partial charge in [0.1, 0.15) is 6.61 Å². The summed E-state index contributed by atoms with van der Waals surface area (Å²) >= 11 is 0. The van der Waals surface area contributed by atoms with Gasteiger partial charge in [0.25, 0.3) is 0 Å². The van der Waals surface area contributed by atoms with E-state index in [-0.39, 0.29) is 0 Å². The normalized spacial score (nSPS) is 16.4. The van der Waals surface area contributed by atoms with Crippen LogP contribution in [0.25, 0.3) is 10.9 Å².